The van der Waals surface area contributed by atoms with Gasteiger partial charge in [-0.2, -0.15) is 0 Å². The van der Waals surface area contributed by atoms with Crippen LogP contribution in [0.2, 0.25) is 0 Å². The number of nitrogens with zero attached hydrogens (tertiary/aromatic N) is 1. The van der Waals surface area contributed by atoms with Crippen molar-refractivity contribution in [2.45, 2.75) is 6.54 Å². The lowest BCUT2D eigenvalue weighted by atomic mass is 10.1. The van der Waals surface area contributed by atoms with Crippen molar-refractivity contribution in [3.8, 4) is 17.2 Å². The first-order valence-corrected chi connectivity index (χ1v) is 6.54. The van der Waals surface area contributed by atoms with Gasteiger partial charge in [0.25, 0.3) is 0 Å². The minimum Gasteiger partial charge on any atom is -0.496 e. The molecule has 0 saturated heterocycles. The van der Waals surface area contributed by atoms with Crippen molar-refractivity contribution < 1.29 is 14.2 Å². The SMILES string of the molecule is C=CCNC(=NC)NCc1c(OC)cc(OC)cc1OC. The van der Waals surface area contributed by atoms with E-state index in [2.05, 4.69) is 22.2 Å². The molecule has 0 aliphatic carbocycles. The van der Waals surface area contributed by atoms with Gasteiger partial charge in [-0.1, -0.05) is 6.08 Å². The predicted octanol–water partition coefficient (Wildman–Crippen LogP) is 1.56. The Labute approximate surface area is 125 Å². The summed E-state index contributed by atoms with van der Waals surface area (Å²) in [4.78, 5) is 4.13. The molecule has 0 radical (unpaired) electrons. The number of rotatable bonds is 7. The van der Waals surface area contributed by atoms with E-state index in [1.807, 2.05) is 12.1 Å². The maximum atomic E-state index is 5.40. The Morgan fingerprint density at radius 2 is 1.76 bits per heavy atom. The average Bonchev–Trinajstić information content (AvgIpc) is 2.54. The third kappa shape index (κ3) is 4.59. The summed E-state index contributed by atoms with van der Waals surface area (Å²) in [5.74, 6) is 2.74. The van der Waals surface area contributed by atoms with E-state index in [1.54, 1.807) is 34.5 Å². The fourth-order valence-electron chi connectivity index (χ4n) is 1.81. The largest absolute Gasteiger partial charge is 0.496 e. The van der Waals surface area contributed by atoms with Crippen LogP contribution < -0.4 is 24.8 Å². The summed E-state index contributed by atoms with van der Waals surface area (Å²) in [6.45, 7) is 4.80. The highest BCUT2D eigenvalue weighted by molar-refractivity contribution is 5.79. The molecule has 0 saturated carbocycles. The minimum absolute atomic E-state index is 0.507. The zero-order chi connectivity index (χ0) is 15.7. The van der Waals surface area contributed by atoms with Crippen molar-refractivity contribution in [1.29, 1.82) is 0 Å². The molecule has 1 rings (SSSR count). The minimum atomic E-state index is 0.507. The second-order valence-corrected chi connectivity index (χ2v) is 4.11. The van der Waals surface area contributed by atoms with Gasteiger partial charge < -0.3 is 24.8 Å². The summed E-state index contributed by atoms with van der Waals surface area (Å²) >= 11 is 0. The van der Waals surface area contributed by atoms with Gasteiger partial charge >= 0.3 is 0 Å². The van der Waals surface area contributed by atoms with Gasteiger partial charge in [-0.05, 0) is 0 Å². The number of hydrogen-bond acceptors (Lipinski definition) is 4. The molecule has 6 heteroatoms. The summed E-state index contributed by atoms with van der Waals surface area (Å²) < 4.78 is 16.0. The van der Waals surface area contributed by atoms with Gasteiger partial charge in [-0.3, -0.25) is 4.99 Å². The van der Waals surface area contributed by atoms with Crippen LogP contribution in [0.3, 0.4) is 0 Å². The molecule has 0 aromatic heterocycles. The first-order chi connectivity index (χ1) is 10.2. The second-order valence-electron chi connectivity index (χ2n) is 4.11. The highest BCUT2D eigenvalue weighted by atomic mass is 16.5. The Balaban J connectivity index is 2.93. The molecule has 0 bridgehead atoms. The van der Waals surface area contributed by atoms with Crippen molar-refractivity contribution in [3.05, 3.63) is 30.4 Å². The number of benzene rings is 1. The van der Waals surface area contributed by atoms with Crippen molar-refractivity contribution >= 4 is 5.96 Å². The highest BCUT2D eigenvalue weighted by Crippen LogP contribution is 2.33. The summed E-state index contributed by atoms with van der Waals surface area (Å²) in [5.41, 5.74) is 0.891. The van der Waals surface area contributed by atoms with Gasteiger partial charge in [0.2, 0.25) is 0 Å². The Morgan fingerprint density at radius 3 is 2.19 bits per heavy atom. The highest BCUT2D eigenvalue weighted by Gasteiger charge is 2.13. The Hall–Kier alpha value is -2.37. The predicted molar refractivity (Wildman–Crippen MR) is 84.5 cm³/mol. The summed E-state index contributed by atoms with van der Waals surface area (Å²) in [7, 11) is 6.54. The van der Waals surface area contributed by atoms with Crippen LogP contribution in [-0.2, 0) is 6.54 Å². The lowest BCUT2D eigenvalue weighted by Crippen LogP contribution is -2.36. The monoisotopic (exact) mass is 293 g/mol. The molecule has 0 unspecified atom stereocenters. The maximum Gasteiger partial charge on any atom is 0.191 e. The second kappa shape index (κ2) is 8.73. The van der Waals surface area contributed by atoms with Crippen LogP contribution in [0.5, 0.6) is 17.2 Å². The topological polar surface area (TPSA) is 64.1 Å². The zero-order valence-electron chi connectivity index (χ0n) is 13.0. The van der Waals surface area contributed by atoms with Crippen molar-refractivity contribution in [3.63, 3.8) is 0 Å². The Morgan fingerprint density at radius 1 is 1.14 bits per heavy atom. The molecule has 21 heavy (non-hydrogen) atoms. The van der Waals surface area contributed by atoms with Gasteiger partial charge in [0.1, 0.15) is 17.2 Å². The van der Waals surface area contributed by atoms with E-state index in [0.717, 1.165) is 5.56 Å². The number of aliphatic imine (C=N–C) groups is 1. The average molecular weight is 293 g/mol. The molecular formula is C15H23N3O3. The summed E-state index contributed by atoms with van der Waals surface area (Å²) in [5, 5.41) is 6.30. The summed E-state index contributed by atoms with van der Waals surface area (Å²) in [6, 6.07) is 3.64. The number of guanidine groups is 1. The normalized spacial score (nSPS) is 10.8. The van der Waals surface area contributed by atoms with Crippen LogP contribution in [0.25, 0.3) is 0 Å². The molecule has 116 valence electrons. The smallest absolute Gasteiger partial charge is 0.191 e. The third-order valence-electron chi connectivity index (χ3n) is 2.89. The van der Waals surface area contributed by atoms with Gasteiger partial charge in [0.15, 0.2) is 5.96 Å². The van der Waals surface area contributed by atoms with Gasteiger partial charge in [0, 0.05) is 25.7 Å². The van der Waals surface area contributed by atoms with Crippen LogP contribution >= 0.6 is 0 Å². The molecule has 0 amide bonds. The lowest BCUT2D eigenvalue weighted by molar-refractivity contribution is 0.368. The van der Waals surface area contributed by atoms with Crippen LogP contribution in [-0.4, -0.2) is 40.9 Å². The lowest BCUT2D eigenvalue weighted by Gasteiger charge is -2.17. The molecule has 1 aromatic rings. The first kappa shape index (κ1) is 16.7. The van der Waals surface area contributed by atoms with Crippen LogP contribution in [0.1, 0.15) is 5.56 Å². The van der Waals surface area contributed by atoms with E-state index < -0.39 is 0 Å². The van der Waals surface area contributed by atoms with Gasteiger partial charge in [-0.25, -0.2) is 0 Å². The quantitative estimate of drug-likeness (QED) is 0.454. The fraction of sp³-hybridized carbons (Fsp3) is 0.400. The molecular weight excluding hydrogens is 270 g/mol. The van der Waals surface area contributed by atoms with Crippen LogP contribution in [0.15, 0.2) is 29.8 Å². The maximum absolute atomic E-state index is 5.40. The molecule has 0 atom stereocenters. The molecule has 6 nitrogen and oxygen atoms in total. The zero-order valence-corrected chi connectivity index (χ0v) is 13.0. The summed E-state index contributed by atoms with van der Waals surface area (Å²) in [6.07, 6.45) is 1.77. The number of hydrogen-bond donors (Lipinski definition) is 2. The van der Waals surface area contributed by atoms with E-state index in [0.29, 0.717) is 36.3 Å². The molecule has 0 heterocycles. The number of nitrogens with one attached hydrogen (secondary N) is 2. The van der Waals surface area contributed by atoms with Gasteiger partial charge in [-0.15, -0.1) is 6.58 Å². The van der Waals surface area contributed by atoms with Crippen molar-refractivity contribution in [2.24, 2.45) is 4.99 Å². The molecule has 1 aromatic carbocycles. The van der Waals surface area contributed by atoms with Crippen LogP contribution in [0.4, 0.5) is 0 Å². The van der Waals surface area contributed by atoms with E-state index in [4.69, 9.17) is 14.2 Å². The van der Waals surface area contributed by atoms with E-state index in [9.17, 15) is 0 Å². The Bertz CT molecular complexity index is 476. The van der Waals surface area contributed by atoms with E-state index in [1.165, 1.54) is 0 Å². The number of ether oxygens (including phenoxy) is 3. The van der Waals surface area contributed by atoms with E-state index >= 15 is 0 Å². The van der Waals surface area contributed by atoms with Crippen molar-refractivity contribution in [2.75, 3.05) is 34.9 Å². The fourth-order valence-corrected chi connectivity index (χ4v) is 1.81. The van der Waals surface area contributed by atoms with Crippen LogP contribution in [0, 0.1) is 0 Å². The molecule has 0 spiro atoms. The third-order valence-corrected chi connectivity index (χ3v) is 2.89. The molecule has 0 aliphatic rings. The van der Waals surface area contributed by atoms with E-state index in [-0.39, 0.29) is 0 Å². The Kier molecular flexibility index (Phi) is 6.94. The molecule has 0 fully saturated rings. The standard InChI is InChI=1S/C15H23N3O3/c1-6-7-17-15(16-2)18-10-12-13(20-4)8-11(19-3)9-14(12)21-5/h6,8-9H,1,7,10H2,2-5H3,(H2,16,17,18). The molecule has 2 N–H and O–H groups in total. The van der Waals surface area contributed by atoms with Gasteiger partial charge in [0.05, 0.1) is 33.4 Å². The van der Waals surface area contributed by atoms with Crippen molar-refractivity contribution in [1.82, 2.24) is 10.6 Å². The number of methoxy groups -OCH3 is 3. The molecule has 0 aliphatic heterocycles. The first-order valence-electron chi connectivity index (χ1n) is 6.54.